The second-order valence-corrected chi connectivity index (χ2v) is 6.70. The minimum Gasteiger partial charge on any atom is -0.497 e. The van der Waals surface area contributed by atoms with Crippen molar-refractivity contribution in [1.29, 1.82) is 0 Å². The second kappa shape index (κ2) is 12.8. The van der Waals surface area contributed by atoms with Crippen LogP contribution in [0, 0.1) is 0 Å². The van der Waals surface area contributed by atoms with Crippen molar-refractivity contribution in [1.82, 2.24) is 10.6 Å². The van der Waals surface area contributed by atoms with Gasteiger partial charge >= 0.3 is 0 Å². The molecule has 29 heavy (non-hydrogen) atoms. The molecule has 0 bridgehead atoms. The molecule has 0 aliphatic carbocycles. The fourth-order valence-electron chi connectivity index (χ4n) is 2.75. The number of guanidine groups is 1. The predicted molar refractivity (Wildman–Crippen MR) is 129 cm³/mol. The number of nitrogens with zero attached hydrogens (tertiary/aromatic N) is 1. The van der Waals surface area contributed by atoms with Gasteiger partial charge in [0.2, 0.25) is 0 Å². The summed E-state index contributed by atoms with van der Waals surface area (Å²) in [6, 6.07) is 12.7. The number of methoxy groups -OCH3 is 2. The molecular formula is C21H29ClIN3O3. The minimum absolute atomic E-state index is 0. The maximum absolute atomic E-state index is 10.4. The molecule has 160 valence electrons. The minimum atomic E-state index is -0.714. The number of hydrogen-bond donors (Lipinski definition) is 3. The Labute approximate surface area is 194 Å². The van der Waals surface area contributed by atoms with Crippen LogP contribution < -0.4 is 20.1 Å². The average molecular weight is 534 g/mol. The summed E-state index contributed by atoms with van der Waals surface area (Å²) in [5.74, 6) is 2.12. The molecule has 2 rings (SSSR count). The first kappa shape index (κ1) is 25.3. The van der Waals surface area contributed by atoms with E-state index in [4.69, 9.17) is 21.1 Å². The summed E-state index contributed by atoms with van der Waals surface area (Å²) >= 11 is 5.90. The quantitative estimate of drug-likeness (QED) is 0.268. The highest BCUT2D eigenvalue weighted by atomic mass is 127. The SMILES string of the molecule is CCNC(=NCC(O)c1ccc(Cl)cc1)NC(C)c1cc(OC)ccc1OC.I. The van der Waals surface area contributed by atoms with Crippen LogP contribution in [0.25, 0.3) is 0 Å². The molecule has 8 heteroatoms. The smallest absolute Gasteiger partial charge is 0.191 e. The maximum atomic E-state index is 10.4. The number of aliphatic hydroxyl groups is 1. The Morgan fingerprint density at radius 3 is 2.41 bits per heavy atom. The molecule has 0 heterocycles. The van der Waals surface area contributed by atoms with Crippen molar-refractivity contribution >= 4 is 41.5 Å². The molecule has 0 radical (unpaired) electrons. The van der Waals surface area contributed by atoms with Gasteiger partial charge in [0.05, 0.1) is 32.9 Å². The predicted octanol–water partition coefficient (Wildman–Crippen LogP) is 4.32. The molecule has 2 aromatic carbocycles. The highest BCUT2D eigenvalue weighted by Gasteiger charge is 2.15. The first-order valence-electron chi connectivity index (χ1n) is 9.18. The molecule has 2 atom stereocenters. The topological polar surface area (TPSA) is 75.1 Å². The van der Waals surface area contributed by atoms with Crippen LogP contribution in [0.3, 0.4) is 0 Å². The van der Waals surface area contributed by atoms with E-state index in [-0.39, 0.29) is 36.6 Å². The Balaban J connectivity index is 0.00000420. The molecule has 3 N–H and O–H groups in total. The van der Waals surface area contributed by atoms with Gasteiger partial charge in [0, 0.05) is 17.1 Å². The summed E-state index contributed by atoms with van der Waals surface area (Å²) in [5, 5.41) is 17.6. The highest BCUT2D eigenvalue weighted by Crippen LogP contribution is 2.29. The second-order valence-electron chi connectivity index (χ2n) is 6.26. The van der Waals surface area contributed by atoms with E-state index in [1.807, 2.05) is 32.0 Å². The summed E-state index contributed by atoms with van der Waals surface area (Å²) in [4.78, 5) is 4.52. The molecule has 2 aromatic rings. The van der Waals surface area contributed by atoms with Gasteiger partial charge in [-0.2, -0.15) is 0 Å². The van der Waals surface area contributed by atoms with Crippen molar-refractivity contribution in [3.63, 3.8) is 0 Å². The Morgan fingerprint density at radius 2 is 1.83 bits per heavy atom. The van der Waals surface area contributed by atoms with E-state index in [2.05, 4.69) is 15.6 Å². The van der Waals surface area contributed by atoms with Crippen LogP contribution in [0.5, 0.6) is 11.5 Å². The number of benzene rings is 2. The van der Waals surface area contributed by atoms with Crippen molar-refractivity contribution in [3.05, 3.63) is 58.6 Å². The standard InChI is InChI=1S/C21H28ClN3O3.HI/c1-5-23-21(24-13-19(26)15-6-8-16(22)9-7-15)25-14(2)18-12-17(27-3)10-11-20(18)28-4;/h6-12,14,19,26H,5,13H2,1-4H3,(H2,23,24,25);1H. The summed E-state index contributed by atoms with van der Waals surface area (Å²) in [5.41, 5.74) is 1.72. The molecule has 0 saturated carbocycles. The Kier molecular flexibility index (Phi) is 11.2. The lowest BCUT2D eigenvalue weighted by Crippen LogP contribution is -2.39. The number of rotatable bonds is 8. The lowest BCUT2D eigenvalue weighted by molar-refractivity contribution is 0.187. The molecule has 6 nitrogen and oxygen atoms in total. The van der Waals surface area contributed by atoms with Crippen LogP contribution in [0.2, 0.25) is 5.02 Å². The summed E-state index contributed by atoms with van der Waals surface area (Å²) < 4.78 is 10.8. The van der Waals surface area contributed by atoms with Gasteiger partial charge in [-0.05, 0) is 49.7 Å². The van der Waals surface area contributed by atoms with E-state index in [9.17, 15) is 5.11 Å². The Hall–Kier alpha value is -1.71. The molecule has 0 saturated heterocycles. The molecule has 2 unspecified atom stereocenters. The molecule has 0 aliphatic rings. The third kappa shape index (κ3) is 7.56. The van der Waals surface area contributed by atoms with Crippen LogP contribution in [-0.4, -0.2) is 38.4 Å². The van der Waals surface area contributed by atoms with Gasteiger partial charge < -0.3 is 25.2 Å². The molecule has 0 spiro atoms. The zero-order valence-electron chi connectivity index (χ0n) is 17.1. The fraction of sp³-hybridized carbons (Fsp3) is 0.381. The molecular weight excluding hydrogens is 505 g/mol. The molecule has 0 amide bonds. The number of halogens is 2. The van der Waals surface area contributed by atoms with Gasteiger partial charge in [0.25, 0.3) is 0 Å². The zero-order valence-corrected chi connectivity index (χ0v) is 20.2. The normalized spacial score (nSPS) is 13.1. The molecule has 0 fully saturated rings. The van der Waals surface area contributed by atoms with Crippen molar-refractivity contribution in [2.45, 2.75) is 26.0 Å². The van der Waals surface area contributed by atoms with Crippen LogP contribution in [0.15, 0.2) is 47.5 Å². The van der Waals surface area contributed by atoms with Gasteiger partial charge in [-0.25, -0.2) is 0 Å². The first-order chi connectivity index (χ1) is 13.5. The average Bonchev–Trinajstić information content (AvgIpc) is 2.71. The third-order valence-corrected chi connectivity index (χ3v) is 4.53. The lowest BCUT2D eigenvalue weighted by atomic mass is 10.1. The third-order valence-electron chi connectivity index (χ3n) is 4.28. The van der Waals surface area contributed by atoms with E-state index in [0.717, 1.165) is 22.6 Å². The molecule has 0 aliphatic heterocycles. The summed E-state index contributed by atoms with van der Waals surface area (Å²) in [7, 11) is 3.27. The zero-order chi connectivity index (χ0) is 20.5. The van der Waals surface area contributed by atoms with Gasteiger partial charge in [0.15, 0.2) is 5.96 Å². The van der Waals surface area contributed by atoms with E-state index in [1.54, 1.807) is 38.5 Å². The van der Waals surface area contributed by atoms with Crippen LogP contribution in [0.1, 0.15) is 37.1 Å². The van der Waals surface area contributed by atoms with Crippen LogP contribution >= 0.6 is 35.6 Å². The van der Waals surface area contributed by atoms with Crippen molar-refractivity contribution in [2.75, 3.05) is 27.3 Å². The Bertz CT molecular complexity index is 787. The van der Waals surface area contributed by atoms with E-state index >= 15 is 0 Å². The number of ether oxygens (including phenoxy) is 2. The van der Waals surface area contributed by atoms with Gasteiger partial charge in [-0.1, -0.05) is 23.7 Å². The maximum Gasteiger partial charge on any atom is 0.191 e. The largest absolute Gasteiger partial charge is 0.497 e. The van der Waals surface area contributed by atoms with E-state index in [1.165, 1.54) is 0 Å². The van der Waals surface area contributed by atoms with Gasteiger partial charge in [-0.3, -0.25) is 4.99 Å². The number of nitrogens with one attached hydrogen (secondary N) is 2. The number of aliphatic imine (C=N–C) groups is 1. The van der Waals surface area contributed by atoms with Crippen molar-refractivity contribution in [2.24, 2.45) is 4.99 Å². The monoisotopic (exact) mass is 533 g/mol. The van der Waals surface area contributed by atoms with E-state index < -0.39 is 6.10 Å². The lowest BCUT2D eigenvalue weighted by Gasteiger charge is -2.21. The van der Waals surface area contributed by atoms with Crippen LogP contribution in [-0.2, 0) is 0 Å². The fourth-order valence-corrected chi connectivity index (χ4v) is 2.87. The summed E-state index contributed by atoms with van der Waals surface area (Å²) in [6.45, 7) is 4.92. The highest BCUT2D eigenvalue weighted by molar-refractivity contribution is 14.0. The summed E-state index contributed by atoms with van der Waals surface area (Å²) in [6.07, 6.45) is -0.714. The first-order valence-corrected chi connectivity index (χ1v) is 9.56. The molecule has 0 aromatic heterocycles. The number of hydrogen-bond acceptors (Lipinski definition) is 4. The van der Waals surface area contributed by atoms with Gasteiger partial charge in [-0.15, -0.1) is 24.0 Å². The van der Waals surface area contributed by atoms with Crippen molar-refractivity contribution in [3.8, 4) is 11.5 Å². The number of aliphatic hydroxyl groups excluding tert-OH is 1. The van der Waals surface area contributed by atoms with Gasteiger partial charge in [0.1, 0.15) is 11.5 Å². The van der Waals surface area contributed by atoms with Crippen molar-refractivity contribution < 1.29 is 14.6 Å². The van der Waals surface area contributed by atoms with Crippen LogP contribution in [0.4, 0.5) is 0 Å². The van der Waals surface area contributed by atoms with E-state index in [0.29, 0.717) is 17.5 Å². The Morgan fingerprint density at radius 1 is 1.14 bits per heavy atom.